The second-order valence-electron chi connectivity index (χ2n) is 6.16. The maximum absolute atomic E-state index is 13.6. The number of halogens is 1. The van der Waals surface area contributed by atoms with Crippen LogP contribution in [0.5, 0.6) is 5.75 Å². The molecular weight excluding hydrogens is 365 g/mol. The van der Waals surface area contributed by atoms with Crippen LogP contribution < -0.4 is 9.04 Å². The molecule has 4 nitrogen and oxygen atoms in total. The monoisotopic (exact) mass is 385 g/mol. The van der Waals surface area contributed by atoms with E-state index >= 15 is 0 Å². The molecule has 0 aromatic heterocycles. The highest BCUT2D eigenvalue weighted by atomic mass is 32.2. The maximum atomic E-state index is 13.6. The van der Waals surface area contributed by atoms with E-state index in [2.05, 4.69) is 0 Å². The van der Waals surface area contributed by atoms with Gasteiger partial charge in [-0.25, -0.2) is 12.8 Å². The molecule has 0 saturated heterocycles. The Kier molecular flexibility index (Phi) is 5.46. The molecule has 0 amide bonds. The van der Waals surface area contributed by atoms with E-state index in [9.17, 15) is 12.8 Å². The third-order valence-electron chi connectivity index (χ3n) is 4.16. The molecule has 0 N–H and O–H groups in total. The zero-order chi connectivity index (χ0) is 19.4. The molecular formula is C21H20FNO3S. The third kappa shape index (κ3) is 4.28. The van der Waals surface area contributed by atoms with Gasteiger partial charge in [-0.15, -0.1) is 0 Å². The summed E-state index contributed by atoms with van der Waals surface area (Å²) in [5.74, 6) is 0.0959. The predicted molar refractivity (Wildman–Crippen MR) is 104 cm³/mol. The molecule has 27 heavy (non-hydrogen) atoms. The first-order valence-corrected chi connectivity index (χ1v) is 9.82. The summed E-state index contributed by atoms with van der Waals surface area (Å²) < 4.78 is 46.6. The molecule has 0 aliphatic rings. The van der Waals surface area contributed by atoms with Crippen molar-refractivity contribution in [1.29, 1.82) is 0 Å². The van der Waals surface area contributed by atoms with Gasteiger partial charge in [0.1, 0.15) is 11.6 Å². The van der Waals surface area contributed by atoms with Crippen LogP contribution in [0.1, 0.15) is 11.1 Å². The molecule has 0 aliphatic carbocycles. The fourth-order valence-corrected chi connectivity index (χ4v) is 4.23. The van der Waals surface area contributed by atoms with Crippen molar-refractivity contribution in [2.75, 3.05) is 11.4 Å². The number of methoxy groups -OCH3 is 1. The fourth-order valence-electron chi connectivity index (χ4n) is 2.75. The lowest BCUT2D eigenvalue weighted by Gasteiger charge is -2.25. The second kappa shape index (κ2) is 7.80. The number of hydrogen-bond acceptors (Lipinski definition) is 3. The van der Waals surface area contributed by atoms with Crippen LogP contribution in [-0.4, -0.2) is 15.5 Å². The first-order valence-electron chi connectivity index (χ1n) is 8.38. The topological polar surface area (TPSA) is 46.6 Å². The predicted octanol–water partition coefficient (Wildman–Crippen LogP) is 4.54. The Hall–Kier alpha value is -2.86. The Morgan fingerprint density at radius 3 is 2.30 bits per heavy atom. The van der Waals surface area contributed by atoms with Crippen LogP contribution in [-0.2, 0) is 16.6 Å². The van der Waals surface area contributed by atoms with Gasteiger partial charge in [0.2, 0.25) is 0 Å². The van der Waals surface area contributed by atoms with E-state index in [1.165, 1.54) is 22.5 Å². The van der Waals surface area contributed by atoms with Crippen molar-refractivity contribution >= 4 is 15.7 Å². The van der Waals surface area contributed by atoms with E-state index in [1.807, 2.05) is 25.1 Å². The summed E-state index contributed by atoms with van der Waals surface area (Å²) in [6.45, 7) is 2.01. The minimum absolute atomic E-state index is 0.0856. The van der Waals surface area contributed by atoms with E-state index in [0.29, 0.717) is 11.4 Å². The van der Waals surface area contributed by atoms with Crippen molar-refractivity contribution in [3.63, 3.8) is 0 Å². The molecule has 140 valence electrons. The van der Waals surface area contributed by atoms with Gasteiger partial charge in [0.15, 0.2) is 0 Å². The number of aryl methyl sites for hydroxylation is 1. The summed E-state index contributed by atoms with van der Waals surface area (Å²) in [7, 11) is -2.37. The van der Waals surface area contributed by atoms with Gasteiger partial charge < -0.3 is 4.74 Å². The van der Waals surface area contributed by atoms with Gasteiger partial charge in [-0.2, -0.15) is 0 Å². The second-order valence-corrected chi connectivity index (χ2v) is 8.02. The lowest BCUT2D eigenvalue weighted by molar-refractivity contribution is 0.414. The molecule has 0 spiro atoms. The van der Waals surface area contributed by atoms with Gasteiger partial charge >= 0.3 is 0 Å². The highest BCUT2D eigenvalue weighted by Gasteiger charge is 2.25. The van der Waals surface area contributed by atoms with Crippen molar-refractivity contribution < 1.29 is 17.5 Å². The van der Waals surface area contributed by atoms with E-state index in [4.69, 9.17) is 4.74 Å². The van der Waals surface area contributed by atoms with E-state index in [0.717, 1.165) is 17.2 Å². The minimum Gasteiger partial charge on any atom is -0.497 e. The molecule has 0 saturated carbocycles. The van der Waals surface area contributed by atoms with E-state index < -0.39 is 15.8 Å². The van der Waals surface area contributed by atoms with Crippen molar-refractivity contribution in [3.05, 3.63) is 89.7 Å². The Balaban J connectivity index is 2.06. The van der Waals surface area contributed by atoms with Crippen LogP contribution in [0.3, 0.4) is 0 Å². The molecule has 0 fully saturated rings. The highest BCUT2D eigenvalue weighted by Crippen LogP contribution is 2.27. The van der Waals surface area contributed by atoms with Crippen molar-refractivity contribution in [3.8, 4) is 5.75 Å². The Morgan fingerprint density at radius 2 is 1.67 bits per heavy atom. The number of anilines is 1. The standard InChI is InChI=1S/C21H20FNO3S/c1-16-5-3-7-19(13-16)23(15-17-9-11-20(26-2)12-10-17)27(24,25)21-8-4-6-18(22)14-21/h3-14H,15H2,1-2H3. The third-order valence-corrected chi connectivity index (χ3v) is 5.93. The summed E-state index contributed by atoms with van der Waals surface area (Å²) in [6.07, 6.45) is 0. The average molecular weight is 385 g/mol. The van der Waals surface area contributed by atoms with Gasteiger partial charge in [0.25, 0.3) is 10.0 Å². The zero-order valence-corrected chi connectivity index (χ0v) is 15.9. The molecule has 6 heteroatoms. The van der Waals surface area contributed by atoms with Crippen molar-refractivity contribution in [2.45, 2.75) is 18.4 Å². The number of sulfonamides is 1. The molecule has 0 aliphatic heterocycles. The van der Waals surface area contributed by atoms with Crippen molar-refractivity contribution in [2.24, 2.45) is 0 Å². The number of rotatable bonds is 6. The van der Waals surface area contributed by atoms with E-state index in [1.54, 1.807) is 37.4 Å². The number of benzene rings is 3. The van der Waals surface area contributed by atoms with Gasteiger partial charge in [-0.1, -0.05) is 30.3 Å². The van der Waals surface area contributed by atoms with Gasteiger partial charge in [-0.05, 0) is 60.5 Å². The number of hydrogen-bond donors (Lipinski definition) is 0. The Labute approximate surface area is 158 Å². The number of ether oxygens (including phenoxy) is 1. The SMILES string of the molecule is COc1ccc(CN(c2cccc(C)c2)S(=O)(=O)c2cccc(F)c2)cc1. The number of nitrogens with zero attached hydrogens (tertiary/aromatic N) is 1. The zero-order valence-electron chi connectivity index (χ0n) is 15.1. The maximum Gasteiger partial charge on any atom is 0.264 e. The molecule has 3 aromatic rings. The van der Waals surface area contributed by atoms with E-state index in [-0.39, 0.29) is 11.4 Å². The smallest absolute Gasteiger partial charge is 0.264 e. The molecule has 0 unspecified atom stereocenters. The molecule has 3 aromatic carbocycles. The van der Waals surface area contributed by atoms with Crippen LogP contribution >= 0.6 is 0 Å². The van der Waals surface area contributed by atoms with Crippen LogP contribution in [0.15, 0.2) is 77.7 Å². The van der Waals surface area contributed by atoms with Crippen LogP contribution in [0.25, 0.3) is 0 Å². The van der Waals surface area contributed by atoms with Crippen LogP contribution in [0.4, 0.5) is 10.1 Å². The quantitative estimate of drug-likeness (QED) is 0.626. The first kappa shape index (κ1) is 18.9. The van der Waals surface area contributed by atoms with Gasteiger partial charge in [0.05, 0.1) is 24.2 Å². The Bertz CT molecular complexity index is 1030. The summed E-state index contributed by atoms with van der Waals surface area (Å²) in [5.41, 5.74) is 2.24. The first-order chi connectivity index (χ1) is 12.9. The fraction of sp³-hybridized carbons (Fsp3) is 0.143. The largest absolute Gasteiger partial charge is 0.497 e. The normalized spacial score (nSPS) is 11.2. The minimum atomic E-state index is -3.95. The van der Waals surface area contributed by atoms with Crippen molar-refractivity contribution in [1.82, 2.24) is 0 Å². The molecule has 3 rings (SSSR count). The van der Waals surface area contributed by atoms with Crippen LogP contribution in [0, 0.1) is 12.7 Å². The summed E-state index contributed by atoms with van der Waals surface area (Å²) in [4.78, 5) is -0.0856. The highest BCUT2D eigenvalue weighted by molar-refractivity contribution is 7.92. The summed E-state index contributed by atoms with van der Waals surface area (Å²) in [6, 6.07) is 19.4. The van der Waals surface area contributed by atoms with Crippen LogP contribution in [0.2, 0.25) is 0 Å². The summed E-state index contributed by atoms with van der Waals surface area (Å²) >= 11 is 0. The molecule has 0 radical (unpaired) electrons. The molecule has 0 heterocycles. The lowest BCUT2D eigenvalue weighted by atomic mass is 10.2. The lowest BCUT2D eigenvalue weighted by Crippen LogP contribution is -2.30. The summed E-state index contributed by atoms with van der Waals surface area (Å²) in [5, 5.41) is 0. The molecule has 0 bridgehead atoms. The Morgan fingerprint density at radius 1 is 0.963 bits per heavy atom. The molecule has 0 atom stereocenters. The van der Waals surface area contributed by atoms with Gasteiger partial charge in [-0.3, -0.25) is 4.31 Å². The van der Waals surface area contributed by atoms with Gasteiger partial charge in [0, 0.05) is 0 Å². The average Bonchev–Trinajstić information content (AvgIpc) is 2.66.